The molecule has 31 heavy (non-hydrogen) atoms. The maximum atomic E-state index is 12.8. The molecule has 1 N–H and O–H groups in total. The van der Waals surface area contributed by atoms with Crippen molar-refractivity contribution in [3.8, 4) is 17.2 Å². The lowest BCUT2D eigenvalue weighted by Gasteiger charge is -2.21. The first-order valence-corrected chi connectivity index (χ1v) is 9.52. The number of nitro groups is 1. The van der Waals surface area contributed by atoms with Crippen LogP contribution in [0.25, 0.3) is 0 Å². The Morgan fingerprint density at radius 3 is 2.42 bits per heavy atom. The second-order valence-electron chi connectivity index (χ2n) is 6.69. The third-order valence-electron chi connectivity index (χ3n) is 4.89. The number of nitrogens with zero attached hydrogens (tertiary/aromatic N) is 2. The Balaban J connectivity index is 1.83. The molecular weight excluding hydrogens is 430 g/mol. The molecule has 0 radical (unpaired) electrons. The molecule has 1 fully saturated rings. The van der Waals surface area contributed by atoms with Crippen LogP contribution in [0.1, 0.15) is 6.42 Å². The van der Waals surface area contributed by atoms with Gasteiger partial charge in [0.05, 0.1) is 48.6 Å². The Bertz CT molecular complexity index is 1040. The smallest absolute Gasteiger partial charge is 0.271 e. The fraction of sp³-hybridized carbons (Fsp3) is 0.300. The monoisotopic (exact) mass is 449 g/mol. The van der Waals surface area contributed by atoms with E-state index in [1.165, 1.54) is 44.4 Å². The minimum Gasteiger partial charge on any atom is -0.495 e. The van der Waals surface area contributed by atoms with Crippen LogP contribution >= 0.6 is 11.6 Å². The van der Waals surface area contributed by atoms with Crippen LogP contribution in [0.5, 0.6) is 17.2 Å². The summed E-state index contributed by atoms with van der Waals surface area (Å²) in [5.74, 6) is -0.415. The molecule has 2 amide bonds. The molecule has 1 aliphatic heterocycles. The van der Waals surface area contributed by atoms with Crippen LogP contribution in [0.2, 0.25) is 5.02 Å². The van der Waals surface area contributed by atoms with Crippen molar-refractivity contribution in [2.75, 3.05) is 38.1 Å². The molecule has 3 rings (SSSR count). The van der Waals surface area contributed by atoms with Crippen molar-refractivity contribution in [2.45, 2.75) is 6.42 Å². The molecule has 1 unspecified atom stereocenters. The highest BCUT2D eigenvalue weighted by Gasteiger charge is 2.37. The van der Waals surface area contributed by atoms with E-state index in [2.05, 4.69) is 5.32 Å². The van der Waals surface area contributed by atoms with E-state index < -0.39 is 16.7 Å². The van der Waals surface area contributed by atoms with E-state index in [1.807, 2.05) is 0 Å². The van der Waals surface area contributed by atoms with E-state index >= 15 is 0 Å². The maximum Gasteiger partial charge on any atom is 0.271 e. The second-order valence-corrected chi connectivity index (χ2v) is 7.10. The minimum atomic E-state index is -0.693. The quantitative estimate of drug-likeness (QED) is 0.508. The number of hydrogen-bond acceptors (Lipinski definition) is 7. The zero-order valence-corrected chi connectivity index (χ0v) is 17.8. The van der Waals surface area contributed by atoms with Gasteiger partial charge in [-0.15, -0.1) is 0 Å². The summed E-state index contributed by atoms with van der Waals surface area (Å²) in [5, 5.41) is 14.0. The number of methoxy groups -OCH3 is 3. The van der Waals surface area contributed by atoms with Gasteiger partial charge < -0.3 is 24.4 Å². The van der Waals surface area contributed by atoms with Gasteiger partial charge in [-0.05, 0) is 12.1 Å². The van der Waals surface area contributed by atoms with E-state index in [1.54, 1.807) is 12.1 Å². The Labute approximate surface area is 182 Å². The van der Waals surface area contributed by atoms with E-state index in [9.17, 15) is 19.7 Å². The average molecular weight is 450 g/mol. The molecule has 1 aliphatic rings. The van der Waals surface area contributed by atoms with Gasteiger partial charge in [-0.2, -0.15) is 0 Å². The van der Waals surface area contributed by atoms with Crippen molar-refractivity contribution in [3.05, 3.63) is 45.5 Å². The Hall–Kier alpha value is -3.53. The molecule has 10 nitrogen and oxygen atoms in total. The van der Waals surface area contributed by atoms with Crippen LogP contribution in [0.3, 0.4) is 0 Å². The van der Waals surface area contributed by atoms with Gasteiger partial charge in [-0.3, -0.25) is 19.7 Å². The highest BCUT2D eigenvalue weighted by molar-refractivity contribution is 6.32. The molecule has 1 saturated heterocycles. The highest BCUT2D eigenvalue weighted by atomic mass is 35.5. The van der Waals surface area contributed by atoms with Gasteiger partial charge >= 0.3 is 0 Å². The van der Waals surface area contributed by atoms with Crippen LogP contribution in [0, 0.1) is 16.0 Å². The second kappa shape index (κ2) is 9.09. The molecule has 0 saturated carbocycles. The van der Waals surface area contributed by atoms with E-state index in [0.29, 0.717) is 22.2 Å². The third-order valence-corrected chi connectivity index (χ3v) is 5.19. The maximum absolute atomic E-state index is 12.8. The first kappa shape index (κ1) is 22.2. The van der Waals surface area contributed by atoms with E-state index in [0.717, 1.165) is 0 Å². The number of benzene rings is 2. The first-order valence-electron chi connectivity index (χ1n) is 9.14. The van der Waals surface area contributed by atoms with Crippen molar-refractivity contribution in [2.24, 2.45) is 5.92 Å². The van der Waals surface area contributed by atoms with Crippen molar-refractivity contribution < 1.29 is 28.7 Å². The summed E-state index contributed by atoms with van der Waals surface area (Å²) in [5.41, 5.74) is 0.372. The predicted octanol–water partition coefficient (Wildman–Crippen LogP) is 3.27. The Morgan fingerprint density at radius 1 is 1.13 bits per heavy atom. The van der Waals surface area contributed by atoms with E-state index in [4.69, 9.17) is 25.8 Å². The van der Waals surface area contributed by atoms with Crippen LogP contribution in [0.15, 0.2) is 30.3 Å². The largest absolute Gasteiger partial charge is 0.495 e. The lowest BCUT2D eigenvalue weighted by molar-refractivity contribution is -0.384. The van der Waals surface area contributed by atoms with Crippen molar-refractivity contribution in [3.63, 3.8) is 0 Å². The summed E-state index contributed by atoms with van der Waals surface area (Å²) in [7, 11) is 4.30. The SMILES string of the molecule is COc1cc(OC)c(N2CC(C(=O)Nc3cc([N+](=O)[O-])ccc3OC)CC2=O)cc1Cl. The van der Waals surface area contributed by atoms with Gasteiger partial charge in [0.25, 0.3) is 5.69 Å². The highest BCUT2D eigenvalue weighted by Crippen LogP contribution is 2.40. The summed E-state index contributed by atoms with van der Waals surface area (Å²) >= 11 is 6.20. The number of carbonyl (C=O) groups excluding carboxylic acids is 2. The lowest BCUT2D eigenvalue weighted by atomic mass is 10.1. The Morgan fingerprint density at radius 2 is 1.81 bits per heavy atom. The molecule has 164 valence electrons. The molecule has 11 heteroatoms. The van der Waals surface area contributed by atoms with Gasteiger partial charge in [0.1, 0.15) is 17.2 Å². The van der Waals surface area contributed by atoms with Crippen LogP contribution in [0.4, 0.5) is 17.1 Å². The topological polar surface area (TPSA) is 120 Å². The van der Waals surface area contributed by atoms with Crippen molar-refractivity contribution >= 4 is 40.5 Å². The number of nitro benzene ring substituents is 1. The van der Waals surface area contributed by atoms with Crippen LogP contribution < -0.4 is 24.4 Å². The van der Waals surface area contributed by atoms with Crippen molar-refractivity contribution in [1.29, 1.82) is 0 Å². The molecule has 0 aromatic heterocycles. The Kier molecular flexibility index (Phi) is 6.50. The number of rotatable bonds is 7. The molecule has 1 atom stereocenters. The first-order chi connectivity index (χ1) is 14.8. The predicted molar refractivity (Wildman–Crippen MR) is 113 cm³/mol. The van der Waals surface area contributed by atoms with Gasteiger partial charge in [0.2, 0.25) is 11.8 Å². The minimum absolute atomic E-state index is 0.0458. The van der Waals surface area contributed by atoms with Crippen LogP contribution in [-0.2, 0) is 9.59 Å². The summed E-state index contributed by atoms with van der Waals surface area (Å²) in [6, 6.07) is 6.98. The fourth-order valence-corrected chi connectivity index (χ4v) is 3.55. The fourth-order valence-electron chi connectivity index (χ4n) is 3.31. The molecule has 0 aliphatic carbocycles. The number of amides is 2. The van der Waals surface area contributed by atoms with Crippen LogP contribution in [-0.4, -0.2) is 44.6 Å². The van der Waals surface area contributed by atoms with Gasteiger partial charge in [-0.1, -0.05) is 11.6 Å². The normalized spacial score (nSPS) is 15.5. The van der Waals surface area contributed by atoms with E-state index in [-0.39, 0.29) is 36.0 Å². The van der Waals surface area contributed by atoms with Gasteiger partial charge in [-0.25, -0.2) is 0 Å². The van der Waals surface area contributed by atoms with Gasteiger partial charge in [0.15, 0.2) is 0 Å². The number of ether oxygens (including phenoxy) is 3. The number of hydrogen-bond donors (Lipinski definition) is 1. The summed E-state index contributed by atoms with van der Waals surface area (Å²) in [6.45, 7) is 0.0843. The molecule has 2 aromatic carbocycles. The number of anilines is 2. The average Bonchev–Trinajstić information content (AvgIpc) is 3.15. The summed E-state index contributed by atoms with van der Waals surface area (Å²) in [6.07, 6.45) is -0.0458. The van der Waals surface area contributed by atoms with Gasteiger partial charge in [0, 0.05) is 31.2 Å². The lowest BCUT2D eigenvalue weighted by Crippen LogP contribution is -2.28. The molecular formula is C20H20ClN3O7. The summed E-state index contributed by atoms with van der Waals surface area (Å²) < 4.78 is 15.7. The number of carbonyl (C=O) groups is 2. The third kappa shape index (κ3) is 4.48. The number of non-ortho nitro benzene ring substituents is 1. The molecule has 1 heterocycles. The number of halogens is 1. The van der Waals surface area contributed by atoms with Crippen molar-refractivity contribution in [1.82, 2.24) is 0 Å². The molecule has 0 bridgehead atoms. The zero-order chi connectivity index (χ0) is 22.7. The standard InChI is InChI=1S/C20H20ClN3O7/c1-29-16-5-4-12(24(27)28)7-14(16)22-20(26)11-6-19(25)23(10-11)15-8-13(21)17(30-2)9-18(15)31-3/h4-5,7-9,11H,6,10H2,1-3H3,(H,22,26). The molecule has 2 aromatic rings. The molecule has 0 spiro atoms. The summed E-state index contributed by atoms with van der Waals surface area (Å²) in [4.78, 5) is 37.3. The number of nitrogens with one attached hydrogen (secondary N) is 1. The zero-order valence-electron chi connectivity index (χ0n) is 17.0.